The summed E-state index contributed by atoms with van der Waals surface area (Å²) in [6.07, 6.45) is 1.62. The van der Waals surface area contributed by atoms with Gasteiger partial charge in [0.15, 0.2) is 16.4 Å². The minimum absolute atomic E-state index is 0.150. The standard InChI is InChI=1S/C11H10F2N2S/c1-3-6(2)15-10-8(14-11(15)16)5-4-7(12)9(10)13/h3-6H,1H2,2H3,(H,14,16). The van der Waals surface area contributed by atoms with Gasteiger partial charge in [-0.1, -0.05) is 6.08 Å². The second-order valence-corrected chi connectivity index (χ2v) is 3.92. The van der Waals surface area contributed by atoms with E-state index in [0.29, 0.717) is 10.3 Å². The lowest BCUT2D eigenvalue weighted by atomic mass is 10.2. The van der Waals surface area contributed by atoms with E-state index in [-0.39, 0.29) is 11.6 Å². The number of halogens is 2. The number of aromatic amines is 1. The summed E-state index contributed by atoms with van der Waals surface area (Å²) in [6.45, 7) is 5.43. The molecule has 16 heavy (non-hydrogen) atoms. The summed E-state index contributed by atoms with van der Waals surface area (Å²) in [5.74, 6) is -1.77. The molecule has 0 aliphatic rings. The Hall–Kier alpha value is -1.49. The zero-order chi connectivity index (χ0) is 11.9. The molecule has 1 aromatic carbocycles. The summed E-state index contributed by atoms with van der Waals surface area (Å²) >= 11 is 5.07. The van der Waals surface area contributed by atoms with Gasteiger partial charge in [-0.25, -0.2) is 8.78 Å². The first kappa shape index (κ1) is 11.0. The lowest BCUT2D eigenvalue weighted by Crippen LogP contribution is -2.03. The maximum absolute atomic E-state index is 13.7. The number of imidazole rings is 1. The van der Waals surface area contributed by atoms with E-state index >= 15 is 0 Å². The van der Waals surface area contributed by atoms with Crippen molar-refractivity contribution in [1.82, 2.24) is 9.55 Å². The number of benzene rings is 1. The summed E-state index contributed by atoms with van der Waals surface area (Å²) in [5.41, 5.74) is 0.634. The highest BCUT2D eigenvalue weighted by molar-refractivity contribution is 7.71. The van der Waals surface area contributed by atoms with Crippen LogP contribution in [0.2, 0.25) is 0 Å². The Balaban J connectivity index is 2.92. The molecule has 0 saturated heterocycles. The maximum Gasteiger partial charge on any atom is 0.184 e. The molecule has 0 aliphatic heterocycles. The van der Waals surface area contributed by atoms with Gasteiger partial charge in [0.25, 0.3) is 0 Å². The highest BCUT2D eigenvalue weighted by atomic mass is 32.1. The molecule has 0 fully saturated rings. The topological polar surface area (TPSA) is 20.7 Å². The minimum atomic E-state index is -0.890. The third-order valence-corrected chi connectivity index (χ3v) is 2.82. The Bertz CT molecular complexity index is 612. The Kier molecular flexibility index (Phi) is 2.63. The monoisotopic (exact) mass is 240 g/mol. The van der Waals surface area contributed by atoms with Crippen molar-refractivity contribution in [2.45, 2.75) is 13.0 Å². The molecule has 84 valence electrons. The van der Waals surface area contributed by atoms with Crippen LogP contribution in [-0.4, -0.2) is 9.55 Å². The minimum Gasteiger partial charge on any atom is -0.330 e. The molecular weight excluding hydrogens is 230 g/mol. The maximum atomic E-state index is 13.7. The first-order valence-corrected chi connectivity index (χ1v) is 5.18. The molecule has 1 heterocycles. The van der Waals surface area contributed by atoms with Gasteiger partial charge in [0.1, 0.15) is 5.52 Å². The van der Waals surface area contributed by atoms with Crippen LogP contribution in [0.4, 0.5) is 8.78 Å². The predicted octanol–water partition coefficient (Wildman–Crippen LogP) is 3.72. The number of fused-ring (bicyclic) bond motifs is 1. The molecule has 1 aromatic heterocycles. The number of nitrogens with zero attached hydrogens (tertiary/aromatic N) is 1. The number of nitrogens with one attached hydrogen (secondary N) is 1. The van der Waals surface area contributed by atoms with Gasteiger partial charge in [0, 0.05) is 0 Å². The lowest BCUT2D eigenvalue weighted by Gasteiger charge is -2.09. The fourth-order valence-electron chi connectivity index (χ4n) is 1.65. The van der Waals surface area contributed by atoms with Crippen LogP contribution >= 0.6 is 12.2 Å². The number of allylic oxidation sites excluding steroid dienone is 1. The zero-order valence-corrected chi connectivity index (χ0v) is 9.44. The van der Waals surface area contributed by atoms with Crippen LogP contribution in [-0.2, 0) is 0 Å². The van der Waals surface area contributed by atoms with E-state index in [4.69, 9.17) is 12.2 Å². The molecule has 0 saturated carbocycles. The number of rotatable bonds is 2. The Morgan fingerprint density at radius 2 is 2.19 bits per heavy atom. The molecule has 0 spiro atoms. The Labute approximate surface area is 96.2 Å². The summed E-state index contributed by atoms with van der Waals surface area (Å²) in [6, 6.07) is 2.35. The largest absolute Gasteiger partial charge is 0.330 e. The van der Waals surface area contributed by atoms with Crippen LogP contribution in [0.15, 0.2) is 24.8 Å². The highest BCUT2D eigenvalue weighted by Crippen LogP contribution is 2.24. The van der Waals surface area contributed by atoms with Crippen LogP contribution in [0.5, 0.6) is 0 Å². The molecule has 2 aromatic rings. The van der Waals surface area contributed by atoms with E-state index < -0.39 is 11.6 Å². The molecule has 1 unspecified atom stereocenters. The van der Waals surface area contributed by atoms with Gasteiger partial charge < -0.3 is 9.55 Å². The third kappa shape index (κ3) is 1.48. The van der Waals surface area contributed by atoms with Gasteiger partial charge in [-0.2, -0.15) is 0 Å². The van der Waals surface area contributed by atoms with Crippen LogP contribution in [0.3, 0.4) is 0 Å². The molecule has 0 aliphatic carbocycles. The summed E-state index contributed by atoms with van der Waals surface area (Å²) in [5, 5.41) is 0. The predicted molar refractivity (Wildman–Crippen MR) is 61.9 cm³/mol. The normalized spacial score (nSPS) is 12.9. The van der Waals surface area contributed by atoms with Crippen molar-refractivity contribution in [3.05, 3.63) is 41.2 Å². The van der Waals surface area contributed by atoms with Gasteiger partial charge in [-0.05, 0) is 31.3 Å². The summed E-state index contributed by atoms with van der Waals surface area (Å²) in [4.78, 5) is 2.83. The van der Waals surface area contributed by atoms with E-state index in [1.54, 1.807) is 13.0 Å². The van der Waals surface area contributed by atoms with Crippen molar-refractivity contribution in [3.63, 3.8) is 0 Å². The highest BCUT2D eigenvalue weighted by Gasteiger charge is 2.15. The van der Waals surface area contributed by atoms with Gasteiger partial charge in [-0.15, -0.1) is 6.58 Å². The summed E-state index contributed by atoms with van der Waals surface area (Å²) in [7, 11) is 0. The lowest BCUT2D eigenvalue weighted by molar-refractivity contribution is 0.509. The smallest absolute Gasteiger partial charge is 0.184 e. The van der Waals surface area contributed by atoms with Crippen molar-refractivity contribution in [3.8, 4) is 0 Å². The number of aromatic nitrogens is 2. The van der Waals surface area contributed by atoms with Crippen LogP contribution in [0.25, 0.3) is 11.0 Å². The van der Waals surface area contributed by atoms with E-state index in [2.05, 4.69) is 11.6 Å². The van der Waals surface area contributed by atoms with Crippen LogP contribution in [0.1, 0.15) is 13.0 Å². The van der Waals surface area contributed by atoms with Crippen molar-refractivity contribution in [1.29, 1.82) is 0 Å². The molecule has 5 heteroatoms. The van der Waals surface area contributed by atoms with Gasteiger partial charge >= 0.3 is 0 Å². The molecular formula is C11H10F2N2S. The van der Waals surface area contributed by atoms with E-state index in [9.17, 15) is 8.78 Å². The van der Waals surface area contributed by atoms with E-state index in [1.165, 1.54) is 10.6 Å². The van der Waals surface area contributed by atoms with Crippen molar-refractivity contribution in [2.24, 2.45) is 0 Å². The average molecular weight is 240 g/mol. The average Bonchev–Trinajstić information content (AvgIpc) is 2.60. The molecule has 0 bridgehead atoms. The quantitative estimate of drug-likeness (QED) is 0.626. The fraction of sp³-hybridized carbons (Fsp3) is 0.182. The molecule has 2 rings (SSSR count). The first-order valence-electron chi connectivity index (χ1n) is 4.77. The Morgan fingerprint density at radius 3 is 2.81 bits per heavy atom. The van der Waals surface area contributed by atoms with Crippen LogP contribution < -0.4 is 0 Å². The summed E-state index contributed by atoms with van der Waals surface area (Å²) < 4.78 is 28.7. The molecule has 0 amide bonds. The number of H-pyrrole nitrogens is 1. The fourth-order valence-corrected chi connectivity index (χ4v) is 2.01. The van der Waals surface area contributed by atoms with E-state index in [1.807, 2.05) is 0 Å². The Morgan fingerprint density at radius 1 is 1.50 bits per heavy atom. The number of hydrogen-bond acceptors (Lipinski definition) is 1. The molecule has 1 atom stereocenters. The molecule has 1 N–H and O–H groups in total. The van der Waals surface area contributed by atoms with Crippen molar-refractivity contribution < 1.29 is 8.78 Å². The van der Waals surface area contributed by atoms with Crippen LogP contribution in [0, 0.1) is 16.4 Å². The van der Waals surface area contributed by atoms with Gasteiger partial charge in [0.2, 0.25) is 0 Å². The van der Waals surface area contributed by atoms with Gasteiger partial charge in [0.05, 0.1) is 11.6 Å². The zero-order valence-electron chi connectivity index (χ0n) is 8.63. The third-order valence-electron chi connectivity index (χ3n) is 2.52. The van der Waals surface area contributed by atoms with Gasteiger partial charge in [-0.3, -0.25) is 0 Å². The first-order chi connectivity index (χ1) is 7.56. The van der Waals surface area contributed by atoms with Crippen molar-refractivity contribution >= 4 is 23.3 Å². The number of hydrogen-bond donors (Lipinski definition) is 1. The second kappa shape index (κ2) is 3.83. The second-order valence-electron chi connectivity index (χ2n) is 3.53. The molecule has 0 radical (unpaired) electrons. The van der Waals surface area contributed by atoms with Crippen molar-refractivity contribution in [2.75, 3.05) is 0 Å². The SMILES string of the molecule is C=CC(C)n1c(=S)[nH]c2ccc(F)c(F)c21. The molecule has 2 nitrogen and oxygen atoms in total. The van der Waals surface area contributed by atoms with E-state index in [0.717, 1.165) is 6.07 Å².